The third-order valence-electron chi connectivity index (χ3n) is 4.12. The number of Topliss-reactive ketones (excluding diaryl/α,β-unsaturated/α-hetero) is 1. The minimum Gasteiger partial charge on any atom is -0.309 e. The van der Waals surface area contributed by atoms with Gasteiger partial charge in [-0.2, -0.15) is 0 Å². The molecule has 0 atom stereocenters. The van der Waals surface area contributed by atoms with E-state index < -0.39 is 10.0 Å². The maximum atomic E-state index is 13.2. The molecule has 0 aliphatic heterocycles. The molecular formula is C20H26N2O3S. The Hall–Kier alpha value is -2.18. The molecule has 2 aromatic carbocycles. The Labute approximate surface area is 156 Å². The number of anilines is 1. The zero-order chi connectivity index (χ0) is 19.3. The zero-order valence-electron chi connectivity index (χ0n) is 15.8. The Morgan fingerprint density at radius 2 is 1.65 bits per heavy atom. The molecule has 140 valence electrons. The van der Waals surface area contributed by atoms with E-state index in [-0.39, 0.29) is 10.7 Å². The molecule has 0 radical (unpaired) electrons. The molecule has 2 rings (SSSR count). The van der Waals surface area contributed by atoms with Crippen LogP contribution in [0.1, 0.15) is 29.3 Å². The average Bonchev–Trinajstić information content (AvgIpc) is 2.58. The van der Waals surface area contributed by atoms with Crippen molar-refractivity contribution in [1.29, 1.82) is 0 Å². The van der Waals surface area contributed by atoms with Crippen LogP contribution in [0.25, 0.3) is 0 Å². The second-order valence-electron chi connectivity index (χ2n) is 6.65. The molecule has 2 aromatic rings. The highest BCUT2D eigenvalue weighted by Crippen LogP contribution is 2.25. The molecule has 0 fully saturated rings. The Kier molecular flexibility index (Phi) is 6.56. The third-order valence-corrected chi connectivity index (χ3v) is 5.96. The maximum absolute atomic E-state index is 13.2. The second kappa shape index (κ2) is 8.47. The number of ketones is 1. The number of carbonyl (C=O) groups excluding carboxylic acids is 1. The van der Waals surface area contributed by atoms with Crippen molar-refractivity contribution in [3.63, 3.8) is 0 Å². The molecule has 0 aliphatic rings. The summed E-state index contributed by atoms with van der Waals surface area (Å²) in [5, 5.41) is 0. The van der Waals surface area contributed by atoms with Crippen molar-refractivity contribution >= 4 is 21.5 Å². The van der Waals surface area contributed by atoms with Gasteiger partial charge in [0.05, 0.1) is 10.6 Å². The van der Waals surface area contributed by atoms with Crippen molar-refractivity contribution in [2.24, 2.45) is 0 Å². The molecule has 5 nitrogen and oxygen atoms in total. The molecule has 0 amide bonds. The summed E-state index contributed by atoms with van der Waals surface area (Å²) >= 11 is 0. The van der Waals surface area contributed by atoms with Crippen LogP contribution in [0.2, 0.25) is 0 Å². The number of sulfonamides is 1. The molecule has 0 heterocycles. The summed E-state index contributed by atoms with van der Waals surface area (Å²) in [7, 11) is 0.199. The van der Waals surface area contributed by atoms with Crippen molar-refractivity contribution in [3.8, 4) is 0 Å². The van der Waals surface area contributed by atoms with Gasteiger partial charge in [0.1, 0.15) is 0 Å². The first-order valence-electron chi connectivity index (χ1n) is 8.57. The lowest BCUT2D eigenvalue weighted by Crippen LogP contribution is -2.33. The predicted octanol–water partition coefficient (Wildman–Crippen LogP) is 3.34. The van der Waals surface area contributed by atoms with Gasteiger partial charge in [0, 0.05) is 12.1 Å². The molecule has 0 saturated heterocycles. The quantitative estimate of drug-likeness (QED) is 0.665. The molecule has 6 heteroatoms. The summed E-state index contributed by atoms with van der Waals surface area (Å²) in [5.74, 6) is -0.0900. The number of nitrogens with zero attached hydrogens (tertiary/aromatic N) is 2. The fourth-order valence-corrected chi connectivity index (χ4v) is 4.13. The highest BCUT2D eigenvalue weighted by atomic mass is 32.2. The van der Waals surface area contributed by atoms with E-state index in [0.717, 1.165) is 12.1 Å². The normalized spacial score (nSPS) is 11.6. The standard InChI is InChI=1S/C20H26N2O3S/c1-16-9-11-20(12-10-16)26(24,25)22(14-6-13-21(3)4)19-8-5-7-18(15-19)17(2)23/h5,7-12,15H,6,13-14H2,1-4H3. The molecule has 0 unspecified atom stereocenters. The van der Waals surface area contributed by atoms with Gasteiger partial charge in [-0.25, -0.2) is 8.42 Å². The van der Waals surface area contributed by atoms with Crippen LogP contribution in [0, 0.1) is 6.92 Å². The van der Waals surface area contributed by atoms with Gasteiger partial charge >= 0.3 is 0 Å². The monoisotopic (exact) mass is 374 g/mol. The molecule has 0 saturated carbocycles. The van der Waals surface area contributed by atoms with Crippen LogP contribution in [0.3, 0.4) is 0 Å². The third kappa shape index (κ3) is 4.93. The number of rotatable bonds is 8. The zero-order valence-corrected chi connectivity index (χ0v) is 16.6. The molecule has 26 heavy (non-hydrogen) atoms. The van der Waals surface area contributed by atoms with Gasteiger partial charge in [0.2, 0.25) is 0 Å². The van der Waals surface area contributed by atoms with Gasteiger partial charge in [-0.15, -0.1) is 0 Å². The van der Waals surface area contributed by atoms with E-state index in [1.165, 1.54) is 11.2 Å². The lowest BCUT2D eigenvalue weighted by molar-refractivity contribution is 0.101. The van der Waals surface area contributed by atoms with Gasteiger partial charge in [-0.1, -0.05) is 29.8 Å². The minimum absolute atomic E-state index is 0.0900. The summed E-state index contributed by atoms with van der Waals surface area (Å²) in [6.07, 6.45) is 0.683. The van der Waals surface area contributed by atoms with E-state index in [2.05, 4.69) is 0 Å². The van der Waals surface area contributed by atoms with E-state index in [1.54, 1.807) is 48.5 Å². The van der Waals surface area contributed by atoms with E-state index >= 15 is 0 Å². The van der Waals surface area contributed by atoms with Crippen LogP contribution in [0.5, 0.6) is 0 Å². The summed E-state index contributed by atoms with van der Waals surface area (Å²) in [6, 6.07) is 13.6. The summed E-state index contributed by atoms with van der Waals surface area (Å²) in [4.78, 5) is 14.0. The van der Waals surface area contributed by atoms with Crippen molar-refractivity contribution in [2.45, 2.75) is 25.2 Å². The number of aryl methyl sites for hydroxylation is 1. The molecule has 0 N–H and O–H groups in total. The van der Waals surface area contributed by atoms with E-state index in [1.807, 2.05) is 25.9 Å². The Morgan fingerprint density at radius 3 is 2.23 bits per heavy atom. The molecule has 0 aliphatic carbocycles. The van der Waals surface area contributed by atoms with Gasteiger partial charge in [-0.3, -0.25) is 9.10 Å². The molecule has 0 bridgehead atoms. The van der Waals surface area contributed by atoms with Gasteiger partial charge < -0.3 is 4.90 Å². The van der Waals surface area contributed by atoms with Crippen LogP contribution in [-0.2, 0) is 10.0 Å². The molecular weight excluding hydrogens is 348 g/mol. The van der Waals surface area contributed by atoms with Crippen molar-refractivity contribution < 1.29 is 13.2 Å². The Balaban J connectivity index is 2.44. The van der Waals surface area contributed by atoms with Gasteiger partial charge in [-0.05, 0) is 65.2 Å². The number of benzene rings is 2. The van der Waals surface area contributed by atoms with E-state index in [0.29, 0.717) is 24.2 Å². The van der Waals surface area contributed by atoms with Gasteiger partial charge in [0.15, 0.2) is 5.78 Å². The highest BCUT2D eigenvalue weighted by molar-refractivity contribution is 7.92. The second-order valence-corrected chi connectivity index (χ2v) is 8.52. The first-order chi connectivity index (χ1) is 12.2. The maximum Gasteiger partial charge on any atom is 0.264 e. The Morgan fingerprint density at radius 1 is 1.00 bits per heavy atom. The lowest BCUT2D eigenvalue weighted by atomic mass is 10.1. The van der Waals surface area contributed by atoms with Crippen LogP contribution in [-0.4, -0.2) is 46.3 Å². The SMILES string of the molecule is CC(=O)c1cccc(N(CCCN(C)C)S(=O)(=O)c2ccc(C)cc2)c1. The summed E-state index contributed by atoms with van der Waals surface area (Å²) in [5.41, 5.74) is 2.01. The number of hydrogen-bond acceptors (Lipinski definition) is 4. The summed E-state index contributed by atoms with van der Waals surface area (Å²) < 4.78 is 27.9. The smallest absolute Gasteiger partial charge is 0.264 e. The fourth-order valence-electron chi connectivity index (χ4n) is 2.64. The van der Waals surface area contributed by atoms with Crippen LogP contribution < -0.4 is 4.31 Å². The van der Waals surface area contributed by atoms with Crippen LogP contribution in [0.15, 0.2) is 53.4 Å². The molecule has 0 aromatic heterocycles. The van der Waals surface area contributed by atoms with E-state index in [9.17, 15) is 13.2 Å². The van der Waals surface area contributed by atoms with Crippen molar-refractivity contribution in [2.75, 3.05) is 31.5 Å². The number of hydrogen-bond donors (Lipinski definition) is 0. The first kappa shape index (κ1) is 20.1. The lowest BCUT2D eigenvalue weighted by Gasteiger charge is -2.25. The van der Waals surface area contributed by atoms with Crippen molar-refractivity contribution in [1.82, 2.24) is 4.90 Å². The van der Waals surface area contributed by atoms with E-state index in [4.69, 9.17) is 0 Å². The Bertz CT molecular complexity index is 859. The van der Waals surface area contributed by atoms with Crippen molar-refractivity contribution in [3.05, 3.63) is 59.7 Å². The van der Waals surface area contributed by atoms with Crippen LogP contribution >= 0.6 is 0 Å². The topological polar surface area (TPSA) is 57.7 Å². The first-order valence-corrected chi connectivity index (χ1v) is 10.0. The fraction of sp³-hybridized carbons (Fsp3) is 0.350. The van der Waals surface area contributed by atoms with Gasteiger partial charge in [0.25, 0.3) is 10.0 Å². The average molecular weight is 375 g/mol. The highest BCUT2D eigenvalue weighted by Gasteiger charge is 2.25. The number of carbonyl (C=O) groups is 1. The predicted molar refractivity (Wildman–Crippen MR) is 105 cm³/mol. The summed E-state index contributed by atoms with van der Waals surface area (Å²) in [6.45, 7) is 4.51. The largest absolute Gasteiger partial charge is 0.309 e. The van der Waals surface area contributed by atoms with Crippen LogP contribution in [0.4, 0.5) is 5.69 Å². The minimum atomic E-state index is -3.71. The molecule has 0 spiro atoms.